The standard InChI is InChI=1S/C24H34N6O6/c1-12(2)20(23(34)29-18(8-9-19(26)31)22(33)28-13(3)24(35)36)30-21(32)16(25)10-14-11-27-17-7-5-4-6-15(14)17/h4-7,11-13,16,18,20,27H,8-10,25H2,1-3H3,(H2,26,31)(H,28,33)(H,29,34)(H,30,32)(H,35,36). The van der Waals surface area contributed by atoms with Crippen LogP contribution < -0.4 is 27.4 Å². The van der Waals surface area contributed by atoms with Gasteiger partial charge in [0.15, 0.2) is 0 Å². The van der Waals surface area contributed by atoms with Crippen LogP contribution in [0.4, 0.5) is 0 Å². The molecule has 4 atom stereocenters. The lowest BCUT2D eigenvalue weighted by molar-refractivity contribution is -0.142. The van der Waals surface area contributed by atoms with E-state index in [0.29, 0.717) is 0 Å². The number of benzene rings is 1. The zero-order valence-corrected chi connectivity index (χ0v) is 20.5. The van der Waals surface area contributed by atoms with Gasteiger partial charge in [-0.25, -0.2) is 0 Å². The second kappa shape index (κ2) is 12.7. The maximum atomic E-state index is 13.0. The summed E-state index contributed by atoms with van der Waals surface area (Å²) in [6.45, 7) is 4.68. The molecule has 4 amide bonds. The quantitative estimate of drug-likeness (QED) is 0.191. The van der Waals surface area contributed by atoms with Gasteiger partial charge in [0, 0.05) is 23.5 Å². The molecule has 0 aliphatic rings. The first-order valence-electron chi connectivity index (χ1n) is 11.6. The Kier molecular flexibility index (Phi) is 9.97. The number of para-hydroxylation sites is 1. The lowest BCUT2D eigenvalue weighted by atomic mass is 10.00. The van der Waals surface area contributed by atoms with Crippen molar-refractivity contribution in [2.75, 3.05) is 0 Å². The SMILES string of the molecule is CC(NC(=O)C(CCC(N)=O)NC(=O)C(NC(=O)C(N)Cc1c[nH]c2ccccc12)C(C)C)C(=O)O. The highest BCUT2D eigenvalue weighted by Gasteiger charge is 2.31. The van der Waals surface area contributed by atoms with Crippen LogP contribution in [-0.4, -0.2) is 63.9 Å². The van der Waals surface area contributed by atoms with Crippen molar-refractivity contribution in [2.24, 2.45) is 17.4 Å². The number of H-pyrrole nitrogens is 1. The minimum Gasteiger partial charge on any atom is -0.480 e. The molecular formula is C24H34N6O6. The van der Waals surface area contributed by atoms with Gasteiger partial charge in [-0.15, -0.1) is 0 Å². The largest absolute Gasteiger partial charge is 0.480 e. The Morgan fingerprint density at radius 3 is 2.25 bits per heavy atom. The molecule has 2 rings (SSSR count). The second-order valence-electron chi connectivity index (χ2n) is 9.04. The normalized spacial score (nSPS) is 14.5. The summed E-state index contributed by atoms with van der Waals surface area (Å²) in [6, 6.07) is 3.17. The summed E-state index contributed by atoms with van der Waals surface area (Å²) in [5.74, 6) is -4.33. The number of aromatic amines is 1. The van der Waals surface area contributed by atoms with Gasteiger partial charge >= 0.3 is 5.97 Å². The van der Waals surface area contributed by atoms with Gasteiger partial charge in [-0.1, -0.05) is 32.0 Å². The van der Waals surface area contributed by atoms with E-state index in [2.05, 4.69) is 20.9 Å². The van der Waals surface area contributed by atoms with Crippen molar-refractivity contribution in [3.8, 4) is 0 Å². The van der Waals surface area contributed by atoms with E-state index >= 15 is 0 Å². The van der Waals surface area contributed by atoms with Gasteiger partial charge in [-0.05, 0) is 37.3 Å². The second-order valence-corrected chi connectivity index (χ2v) is 9.04. The Balaban J connectivity index is 2.09. The highest BCUT2D eigenvalue weighted by molar-refractivity contribution is 5.94. The van der Waals surface area contributed by atoms with Crippen LogP contribution in [0.25, 0.3) is 10.9 Å². The molecule has 0 aliphatic heterocycles. The van der Waals surface area contributed by atoms with Gasteiger partial charge in [0.25, 0.3) is 0 Å². The molecule has 12 heteroatoms. The van der Waals surface area contributed by atoms with E-state index in [1.807, 2.05) is 24.3 Å². The van der Waals surface area contributed by atoms with Gasteiger partial charge in [0.05, 0.1) is 6.04 Å². The van der Waals surface area contributed by atoms with E-state index in [4.69, 9.17) is 16.6 Å². The van der Waals surface area contributed by atoms with Crippen LogP contribution in [0.1, 0.15) is 39.2 Å². The molecule has 4 unspecified atom stereocenters. The third kappa shape index (κ3) is 7.80. The Morgan fingerprint density at radius 1 is 0.972 bits per heavy atom. The molecule has 0 radical (unpaired) electrons. The number of hydrogen-bond acceptors (Lipinski definition) is 6. The minimum absolute atomic E-state index is 0.141. The van der Waals surface area contributed by atoms with Crippen molar-refractivity contribution in [3.63, 3.8) is 0 Å². The summed E-state index contributed by atoms with van der Waals surface area (Å²) >= 11 is 0. The Bertz CT molecular complexity index is 1110. The third-order valence-electron chi connectivity index (χ3n) is 5.74. The molecule has 0 saturated heterocycles. The van der Waals surface area contributed by atoms with E-state index < -0.39 is 53.8 Å². The van der Waals surface area contributed by atoms with Crippen LogP contribution in [0.3, 0.4) is 0 Å². The summed E-state index contributed by atoms with van der Waals surface area (Å²) in [7, 11) is 0. The van der Waals surface area contributed by atoms with Crippen molar-refractivity contribution in [2.45, 2.75) is 64.2 Å². The fourth-order valence-electron chi connectivity index (χ4n) is 3.62. The number of nitrogens with two attached hydrogens (primary N) is 2. The molecule has 36 heavy (non-hydrogen) atoms. The predicted octanol–water partition coefficient (Wildman–Crippen LogP) is -0.482. The van der Waals surface area contributed by atoms with Gasteiger partial charge in [-0.3, -0.25) is 24.0 Å². The van der Waals surface area contributed by atoms with E-state index in [-0.39, 0.29) is 25.2 Å². The first kappa shape index (κ1) is 28.3. The summed E-state index contributed by atoms with van der Waals surface area (Å²) in [5.41, 5.74) is 13.1. The summed E-state index contributed by atoms with van der Waals surface area (Å²) < 4.78 is 0. The fraction of sp³-hybridized carbons (Fsp3) is 0.458. The highest BCUT2D eigenvalue weighted by Crippen LogP contribution is 2.19. The third-order valence-corrected chi connectivity index (χ3v) is 5.74. The lowest BCUT2D eigenvalue weighted by Gasteiger charge is -2.26. The summed E-state index contributed by atoms with van der Waals surface area (Å²) in [6.07, 6.45) is 1.66. The van der Waals surface area contributed by atoms with E-state index in [1.54, 1.807) is 20.0 Å². The molecule has 1 aromatic heterocycles. The molecule has 0 fully saturated rings. The topological polar surface area (TPSA) is 209 Å². The van der Waals surface area contributed by atoms with E-state index in [1.165, 1.54) is 6.92 Å². The number of aliphatic carboxylic acids is 1. The zero-order valence-electron chi connectivity index (χ0n) is 20.5. The first-order valence-corrected chi connectivity index (χ1v) is 11.6. The van der Waals surface area contributed by atoms with E-state index in [9.17, 15) is 24.0 Å². The number of aromatic nitrogens is 1. The van der Waals surface area contributed by atoms with Gasteiger partial charge < -0.3 is 37.5 Å². The predicted molar refractivity (Wildman–Crippen MR) is 132 cm³/mol. The molecule has 0 aliphatic carbocycles. The Morgan fingerprint density at radius 2 is 1.64 bits per heavy atom. The van der Waals surface area contributed by atoms with Gasteiger partial charge in [-0.2, -0.15) is 0 Å². The molecular weight excluding hydrogens is 468 g/mol. The van der Waals surface area contributed by atoms with Crippen molar-refractivity contribution in [1.82, 2.24) is 20.9 Å². The molecule has 0 spiro atoms. The lowest BCUT2D eigenvalue weighted by Crippen LogP contribution is -2.58. The zero-order chi connectivity index (χ0) is 27.0. The first-order chi connectivity index (χ1) is 16.9. The minimum atomic E-state index is -1.26. The van der Waals surface area contributed by atoms with Crippen molar-refractivity contribution in [1.29, 1.82) is 0 Å². The van der Waals surface area contributed by atoms with Crippen LogP contribution in [0.15, 0.2) is 30.5 Å². The molecule has 2 aromatic rings. The fourth-order valence-corrected chi connectivity index (χ4v) is 3.62. The number of carbonyl (C=O) groups is 5. The monoisotopic (exact) mass is 502 g/mol. The number of rotatable bonds is 13. The van der Waals surface area contributed by atoms with Gasteiger partial charge in [0.2, 0.25) is 23.6 Å². The molecule has 196 valence electrons. The number of nitrogens with one attached hydrogen (secondary N) is 4. The average molecular weight is 503 g/mol. The molecule has 1 aromatic carbocycles. The molecule has 0 saturated carbocycles. The molecule has 1 heterocycles. The van der Waals surface area contributed by atoms with Crippen molar-refractivity contribution >= 4 is 40.5 Å². The van der Waals surface area contributed by atoms with Gasteiger partial charge in [0.1, 0.15) is 18.1 Å². The summed E-state index contributed by atoms with van der Waals surface area (Å²) in [4.78, 5) is 63.9. The number of carboxylic acids is 1. The van der Waals surface area contributed by atoms with Crippen LogP contribution in [0.2, 0.25) is 0 Å². The molecule has 12 nitrogen and oxygen atoms in total. The Labute approximate surface area is 208 Å². The maximum absolute atomic E-state index is 13.0. The van der Waals surface area contributed by atoms with Crippen LogP contribution >= 0.6 is 0 Å². The number of carbonyl (C=O) groups excluding carboxylic acids is 4. The van der Waals surface area contributed by atoms with Crippen LogP contribution in [0, 0.1) is 5.92 Å². The smallest absolute Gasteiger partial charge is 0.325 e. The van der Waals surface area contributed by atoms with Crippen LogP contribution in [-0.2, 0) is 30.4 Å². The Hall–Kier alpha value is -3.93. The number of fused-ring (bicyclic) bond motifs is 1. The van der Waals surface area contributed by atoms with Crippen LogP contribution in [0.5, 0.6) is 0 Å². The maximum Gasteiger partial charge on any atom is 0.325 e. The van der Waals surface area contributed by atoms with Crippen molar-refractivity contribution < 1.29 is 29.1 Å². The number of amides is 4. The van der Waals surface area contributed by atoms with Crippen molar-refractivity contribution in [3.05, 3.63) is 36.0 Å². The average Bonchev–Trinajstić information content (AvgIpc) is 3.21. The highest BCUT2D eigenvalue weighted by atomic mass is 16.4. The summed E-state index contributed by atoms with van der Waals surface area (Å²) in [5, 5.41) is 17.4. The number of hydrogen-bond donors (Lipinski definition) is 7. The number of primary amides is 1. The molecule has 9 N–H and O–H groups in total. The van der Waals surface area contributed by atoms with E-state index in [0.717, 1.165) is 16.5 Å². The number of carboxylic acid groups (broad SMARTS) is 1. The molecule has 0 bridgehead atoms.